The first kappa shape index (κ1) is 17.0. The van der Waals surface area contributed by atoms with Gasteiger partial charge in [0, 0.05) is 0 Å². The van der Waals surface area contributed by atoms with Gasteiger partial charge in [-0.05, 0) is 18.2 Å². The van der Waals surface area contributed by atoms with Crippen LogP contribution in [0.1, 0.15) is 12.0 Å². The average Bonchev–Trinajstić information content (AvgIpc) is 2.43. The quantitative estimate of drug-likeness (QED) is 0.622. The summed E-state index contributed by atoms with van der Waals surface area (Å²) in [6.45, 7) is -1.27. The van der Waals surface area contributed by atoms with Crippen molar-refractivity contribution in [2.75, 3.05) is 25.1 Å². The zero-order valence-corrected chi connectivity index (χ0v) is 11.0. The molecule has 0 spiro atoms. The van der Waals surface area contributed by atoms with E-state index in [1.54, 1.807) is 0 Å². The van der Waals surface area contributed by atoms with Crippen LogP contribution < -0.4 is 5.32 Å². The molecule has 0 bridgehead atoms. The Balaban J connectivity index is 2.59. The maximum Gasteiger partial charge on any atom is 0.261 e. The minimum atomic E-state index is -2.58. The summed E-state index contributed by atoms with van der Waals surface area (Å²) in [4.78, 5) is 11.6. The van der Waals surface area contributed by atoms with Gasteiger partial charge < -0.3 is 15.2 Å². The molecule has 1 aromatic rings. The number of amides is 1. The zero-order chi connectivity index (χ0) is 15.7. The minimum absolute atomic E-state index is 0.114. The summed E-state index contributed by atoms with van der Waals surface area (Å²) >= 11 is 0. The molecule has 0 heterocycles. The normalized spacial score (nSPS) is 10.1. The molecule has 0 aliphatic rings. The van der Waals surface area contributed by atoms with Crippen LogP contribution in [0.3, 0.4) is 0 Å². The lowest BCUT2D eigenvalue weighted by Crippen LogP contribution is -2.16. The van der Waals surface area contributed by atoms with Crippen LogP contribution in [-0.2, 0) is 9.53 Å². The van der Waals surface area contributed by atoms with E-state index in [4.69, 9.17) is 5.11 Å². The number of halogens is 3. The summed E-state index contributed by atoms with van der Waals surface area (Å²) in [5.41, 5.74) is 0.488. The summed E-state index contributed by atoms with van der Waals surface area (Å²) in [7, 11) is 0. The molecule has 4 nitrogen and oxygen atoms in total. The van der Waals surface area contributed by atoms with Crippen molar-refractivity contribution in [2.24, 2.45) is 0 Å². The molecule has 21 heavy (non-hydrogen) atoms. The lowest BCUT2D eigenvalue weighted by Gasteiger charge is -2.08. The van der Waals surface area contributed by atoms with E-state index < -0.39 is 31.4 Å². The topological polar surface area (TPSA) is 58.6 Å². The Morgan fingerprint density at radius 1 is 1.43 bits per heavy atom. The predicted octanol–water partition coefficient (Wildman–Crippen LogP) is 1.78. The molecule has 0 saturated carbocycles. The number of hydrogen-bond donors (Lipinski definition) is 2. The second-order valence-corrected chi connectivity index (χ2v) is 3.91. The number of hydrogen-bond acceptors (Lipinski definition) is 3. The van der Waals surface area contributed by atoms with Gasteiger partial charge in [-0.2, -0.15) is 0 Å². The van der Waals surface area contributed by atoms with Gasteiger partial charge in [0.2, 0.25) is 5.91 Å². The van der Waals surface area contributed by atoms with Gasteiger partial charge in [0.15, 0.2) is 0 Å². The van der Waals surface area contributed by atoms with E-state index in [-0.39, 0.29) is 24.3 Å². The first-order valence-corrected chi connectivity index (χ1v) is 6.08. The fourth-order valence-corrected chi connectivity index (χ4v) is 1.41. The Bertz CT molecular complexity index is 538. The van der Waals surface area contributed by atoms with E-state index in [9.17, 15) is 18.0 Å². The standard InChI is InChI=1S/C14H14F3NO3/c15-11-3-4-12(10(8-11)2-1-6-19)18-14(20)5-7-21-9-13(16)17/h3-4,8,13,19H,5-7,9H2,(H,18,20). The molecule has 0 aliphatic carbocycles. The maximum atomic E-state index is 13.1. The van der Waals surface area contributed by atoms with Crippen LogP contribution in [0.15, 0.2) is 18.2 Å². The molecular formula is C14H14F3NO3. The molecule has 1 rings (SSSR count). The Kier molecular flexibility index (Phi) is 7.29. The van der Waals surface area contributed by atoms with Crippen molar-refractivity contribution in [1.82, 2.24) is 0 Å². The van der Waals surface area contributed by atoms with Gasteiger partial charge in [-0.3, -0.25) is 4.79 Å². The van der Waals surface area contributed by atoms with Crippen LogP contribution in [-0.4, -0.2) is 37.3 Å². The molecule has 0 fully saturated rings. The molecule has 0 radical (unpaired) electrons. The number of carbonyl (C=O) groups is 1. The summed E-state index contributed by atoms with van der Waals surface area (Å²) in [6, 6.07) is 3.59. The van der Waals surface area contributed by atoms with Crippen LogP contribution >= 0.6 is 0 Å². The summed E-state index contributed by atoms with van der Waals surface area (Å²) in [5, 5.41) is 11.1. The third-order valence-electron chi connectivity index (χ3n) is 2.28. The number of alkyl halides is 2. The summed E-state index contributed by atoms with van der Waals surface area (Å²) in [5.74, 6) is 3.85. The summed E-state index contributed by atoms with van der Waals surface area (Å²) in [6.07, 6.45) is -2.69. The number of nitrogens with one attached hydrogen (secondary N) is 1. The number of carbonyl (C=O) groups excluding carboxylic acids is 1. The number of aliphatic hydroxyl groups is 1. The van der Waals surface area contributed by atoms with E-state index >= 15 is 0 Å². The van der Waals surface area contributed by atoms with Crippen LogP contribution in [0.2, 0.25) is 0 Å². The fraction of sp³-hybridized carbons (Fsp3) is 0.357. The number of benzene rings is 1. The van der Waals surface area contributed by atoms with Gasteiger partial charge >= 0.3 is 0 Å². The Morgan fingerprint density at radius 2 is 2.19 bits per heavy atom. The summed E-state index contributed by atoms with van der Waals surface area (Å²) < 4.78 is 41.3. The second kappa shape index (κ2) is 9.00. The van der Waals surface area contributed by atoms with Crippen molar-refractivity contribution in [2.45, 2.75) is 12.8 Å². The average molecular weight is 301 g/mol. The molecule has 0 aromatic heterocycles. The fourth-order valence-electron chi connectivity index (χ4n) is 1.41. The second-order valence-electron chi connectivity index (χ2n) is 3.91. The predicted molar refractivity (Wildman–Crippen MR) is 70.4 cm³/mol. The lowest BCUT2D eigenvalue weighted by molar-refractivity contribution is -0.117. The molecule has 1 amide bonds. The highest BCUT2D eigenvalue weighted by molar-refractivity contribution is 5.92. The lowest BCUT2D eigenvalue weighted by atomic mass is 10.1. The molecule has 2 N–H and O–H groups in total. The van der Waals surface area contributed by atoms with Crippen molar-refractivity contribution in [3.05, 3.63) is 29.6 Å². The molecule has 0 atom stereocenters. The maximum absolute atomic E-state index is 13.1. The third kappa shape index (κ3) is 6.79. The molecule has 1 aromatic carbocycles. The molecule has 7 heteroatoms. The van der Waals surface area contributed by atoms with E-state index in [1.165, 1.54) is 6.07 Å². The number of ether oxygens (including phenoxy) is 1. The van der Waals surface area contributed by atoms with Crippen molar-refractivity contribution in [1.29, 1.82) is 0 Å². The molecular weight excluding hydrogens is 287 g/mol. The van der Waals surface area contributed by atoms with E-state index in [1.807, 2.05) is 0 Å². The molecule has 0 saturated heterocycles. The van der Waals surface area contributed by atoms with Crippen LogP contribution in [0.4, 0.5) is 18.9 Å². The first-order valence-electron chi connectivity index (χ1n) is 6.08. The van der Waals surface area contributed by atoms with Gasteiger partial charge in [-0.1, -0.05) is 11.8 Å². The minimum Gasteiger partial charge on any atom is -0.384 e. The van der Waals surface area contributed by atoms with Gasteiger partial charge in [0.1, 0.15) is 19.0 Å². The smallest absolute Gasteiger partial charge is 0.261 e. The highest BCUT2D eigenvalue weighted by Gasteiger charge is 2.08. The SMILES string of the molecule is O=C(CCOCC(F)F)Nc1ccc(F)cc1C#CCO. The van der Waals surface area contributed by atoms with Crippen molar-refractivity contribution < 1.29 is 27.8 Å². The van der Waals surface area contributed by atoms with Crippen molar-refractivity contribution >= 4 is 11.6 Å². The van der Waals surface area contributed by atoms with Crippen LogP contribution in [0.25, 0.3) is 0 Å². The number of rotatable bonds is 6. The highest BCUT2D eigenvalue weighted by atomic mass is 19.3. The van der Waals surface area contributed by atoms with Gasteiger partial charge in [0.05, 0.1) is 24.3 Å². The molecule has 114 valence electrons. The van der Waals surface area contributed by atoms with Gasteiger partial charge in [-0.15, -0.1) is 0 Å². The Morgan fingerprint density at radius 3 is 2.86 bits per heavy atom. The van der Waals surface area contributed by atoms with Crippen molar-refractivity contribution in [3.8, 4) is 11.8 Å². The van der Waals surface area contributed by atoms with E-state index in [0.717, 1.165) is 12.1 Å². The zero-order valence-electron chi connectivity index (χ0n) is 11.0. The van der Waals surface area contributed by atoms with Gasteiger partial charge in [-0.25, -0.2) is 13.2 Å². The van der Waals surface area contributed by atoms with Crippen molar-refractivity contribution in [3.63, 3.8) is 0 Å². The van der Waals surface area contributed by atoms with E-state index in [2.05, 4.69) is 21.9 Å². The Labute approximate surface area is 119 Å². The number of aliphatic hydroxyl groups excluding tert-OH is 1. The van der Waals surface area contributed by atoms with E-state index in [0.29, 0.717) is 0 Å². The monoisotopic (exact) mass is 301 g/mol. The highest BCUT2D eigenvalue weighted by Crippen LogP contribution is 2.16. The van der Waals surface area contributed by atoms with Crippen LogP contribution in [0.5, 0.6) is 0 Å². The van der Waals surface area contributed by atoms with Crippen LogP contribution in [0, 0.1) is 17.7 Å². The molecule has 0 unspecified atom stereocenters. The number of anilines is 1. The third-order valence-corrected chi connectivity index (χ3v) is 2.28. The largest absolute Gasteiger partial charge is 0.384 e. The Hall–Kier alpha value is -2.04. The first-order chi connectivity index (χ1) is 10.0. The molecule has 0 aliphatic heterocycles. The van der Waals surface area contributed by atoms with Gasteiger partial charge in [0.25, 0.3) is 6.43 Å².